The van der Waals surface area contributed by atoms with Crippen molar-refractivity contribution in [3.05, 3.63) is 131 Å². The second-order valence-corrected chi connectivity index (χ2v) is 9.26. The van der Waals surface area contributed by atoms with E-state index < -0.39 is 0 Å². The van der Waals surface area contributed by atoms with Gasteiger partial charge < -0.3 is 15.3 Å². The molecule has 0 aliphatic carbocycles. The Hall–Kier alpha value is -3.98. The Morgan fingerprint density at radius 1 is 0.588 bits per heavy atom. The first-order chi connectivity index (χ1) is 16.2. The lowest BCUT2D eigenvalue weighted by molar-refractivity contribution is 0.474. The minimum absolute atomic E-state index is 0.0192. The maximum Gasteiger partial charge on any atom is 0.115 e. The molecular weight excluding hydrogens is 420 g/mol. The van der Waals surface area contributed by atoms with Gasteiger partial charge in [0.15, 0.2) is 0 Å². The van der Waals surface area contributed by atoms with Crippen molar-refractivity contribution in [2.24, 2.45) is 0 Å². The third kappa shape index (κ3) is 4.99. The summed E-state index contributed by atoms with van der Waals surface area (Å²) in [5.41, 5.74) is 6.55. The summed E-state index contributed by atoms with van der Waals surface area (Å²) < 4.78 is 0. The Balaban J connectivity index is 1.66. The number of aromatic hydroxyl groups is 3. The van der Waals surface area contributed by atoms with E-state index >= 15 is 0 Å². The number of allylic oxidation sites excluding steroid dienone is 2. The van der Waals surface area contributed by atoms with Crippen LogP contribution in [0.15, 0.2) is 103 Å². The van der Waals surface area contributed by atoms with Gasteiger partial charge in [-0.05, 0) is 76.7 Å². The minimum atomic E-state index is -0.190. The van der Waals surface area contributed by atoms with E-state index in [1.165, 1.54) is 5.56 Å². The van der Waals surface area contributed by atoms with Gasteiger partial charge in [-0.1, -0.05) is 80.6 Å². The van der Waals surface area contributed by atoms with Crippen molar-refractivity contribution in [2.45, 2.75) is 32.1 Å². The molecule has 0 bridgehead atoms. The van der Waals surface area contributed by atoms with Gasteiger partial charge >= 0.3 is 0 Å². The van der Waals surface area contributed by atoms with Crippen molar-refractivity contribution in [3.8, 4) is 17.2 Å². The minimum Gasteiger partial charge on any atom is -0.508 e. The second-order valence-electron chi connectivity index (χ2n) is 9.26. The molecule has 0 aliphatic heterocycles. The topological polar surface area (TPSA) is 60.7 Å². The largest absolute Gasteiger partial charge is 0.508 e. The van der Waals surface area contributed by atoms with Crippen molar-refractivity contribution in [2.75, 3.05) is 0 Å². The molecule has 3 N–H and O–H groups in total. The molecule has 0 atom stereocenters. The Morgan fingerprint density at radius 3 is 1.35 bits per heavy atom. The van der Waals surface area contributed by atoms with Gasteiger partial charge in [-0.2, -0.15) is 0 Å². The summed E-state index contributed by atoms with van der Waals surface area (Å²) in [6.45, 7) is 6.47. The Kier molecular flexibility index (Phi) is 6.47. The number of phenolic OH excluding ortho intramolecular Hbond substituents is 3. The fraction of sp³-hybridized carbons (Fsp3) is 0.161. The molecule has 0 fully saturated rings. The zero-order valence-corrected chi connectivity index (χ0v) is 19.7. The average Bonchev–Trinajstić information content (AvgIpc) is 2.84. The van der Waals surface area contributed by atoms with Crippen LogP contribution in [0.1, 0.15) is 54.5 Å². The van der Waals surface area contributed by atoms with E-state index in [1.54, 1.807) is 36.4 Å². The van der Waals surface area contributed by atoms with Crippen LogP contribution in [0, 0.1) is 0 Å². The van der Waals surface area contributed by atoms with Gasteiger partial charge in [0, 0.05) is 11.3 Å². The Morgan fingerprint density at radius 2 is 0.941 bits per heavy atom. The van der Waals surface area contributed by atoms with E-state index in [0.29, 0.717) is 0 Å². The molecule has 4 aromatic rings. The summed E-state index contributed by atoms with van der Waals surface area (Å²) in [4.78, 5) is 0. The first kappa shape index (κ1) is 23.2. The van der Waals surface area contributed by atoms with E-state index in [0.717, 1.165) is 27.8 Å². The predicted molar refractivity (Wildman–Crippen MR) is 138 cm³/mol. The molecule has 34 heavy (non-hydrogen) atoms. The molecule has 4 aromatic carbocycles. The van der Waals surface area contributed by atoms with Crippen molar-refractivity contribution in [3.63, 3.8) is 0 Å². The quantitative estimate of drug-likeness (QED) is 0.287. The zero-order valence-electron chi connectivity index (χ0n) is 19.7. The summed E-state index contributed by atoms with van der Waals surface area (Å²) >= 11 is 0. The zero-order chi connectivity index (χ0) is 24.3. The number of phenols is 3. The van der Waals surface area contributed by atoms with Gasteiger partial charge in [0.25, 0.3) is 0 Å². The van der Waals surface area contributed by atoms with Gasteiger partial charge in [0.2, 0.25) is 0 Å². The van der Waals surface area contributed by atoms with E-state index in [-0.39, 0.29) is 28.6 Å². The van der Waals surface area contributed by atoms with E-state index in [1.807, 2.05) is 36.4 Å². The highest BCUT2D eigenvalue weighted by Crippen LogP contribution is 2.35. The summed E-state index contributed by atoms with van der Waals surface area (Å²) in [7, 11) is 0. The van der Waals surface area contributed by atoms with E-state index in [2.05, 4.69) is 51.1 Å². The van der Waals surface area contributed by atoms with Gasteiger partial charge in [-0.15, -0.1) is 0 Å². The van der Waals surface area contributed by atoms with Crippen molar-refractivity contribution >= 4 is 5.57 Å². The molecule has 0 radical (unpaired) electrons. The standard InChI is InChI=1S/C31H30O3/c1-21(20-30(23-6-14-27(32)15-7-23)24-8-16-28(33)17-9-24)22-4-10-25(11-5-22)31(2,3)26-12-18-29(34)19-13-26/h4-20,30,32-34H,1-3H3. The first-order valence-electron chi connectivity index (χ1n) is 11.4. The molecule has 0 aromatic heterocycles. The highest BCUT2D eigenvalue weighted by atomic mass is 16.3. The van der Waals surface area contributed by atoms with Crippen LogP contribution in [0.5, 0.6) is 17.2 Å². The second kappa shape index (κ2) is 9.48. The van der Waals surface area contributed by atoms with Crippen LogP contribution in [0.3, 0.4) is 0 Å². The third-order valence-electron chi connectivity index (χ3n) is 6.57. The number of benzene rings is 4. The van der Waals surface area contributed by atoms with Crippen LogP contribution in [0.2, 0.25) is 0 Å². The SMILES string of the molecule is CC(=CC(c1ccc(O)cc1)c1ccc(O)cc1)c1ccc(C(C)(C)c2ccc(O)cc2)cc1. The molecule has 0 amide bonds. The van der Waals surface area contributed by atoms with Gasteiger partial charge in [0.05, 0.1) is 0 Å². The van der Waals surface area contributed by atoms with Gasteiger partial charge in [0.1, 0.15) is 17.2 Å². The highest BCUT2D eigenvalue weighted by Gasteiger charge is 2.23. The Bertz CT molecular complexity index is 1220. The monoisotopic (exact) mass is 450 g/mol. The predicted octanol–water partition coefficient (Wildman–Crippen LogP) is 7.36. The fourth-order valence-electron chi connectivity index (χ4n) is 4.29. The van der Waals surface area contributed by atoms with E-state index in [4.69, 9.17) is 0 Å². The summed E-state index contributed by atoms with van der Waals surface area (Å²) in [5.74, 6) is 0.725. The summed E-state index contributed by atoms with van der Waals surface area (Å²) in [6, 6.07) is 30.5. The molecule has 0 heterocycles. The van der Waals surface area contributed by atoms with Crippen molar-refractivity contribution < 1.29 is 15.3 Å². The lowest BCUT2D eigenvalue weighted by Gasteiger charge is -2.26. The molecule has 172 valence electrons. The maximum absolute atomic E-state index is 9.73. The Labute approximate surface area is 201 Å². The van der Waals surface area contributed by atoms with Crippen LogP contribution < -0.4 is 0 Å². The smallest absolute Gasteiger partial charge is 0.115 e. The molecular formula is C31H30O3. The molecule has 4 rings (SSSR count). The number of hydrogen-bond acceptors (Lipinski definition) is 3. The van der Waals surface area contributed by atoms with Crippen LogP contribution in [-0.2, 0) is 5.41 Å². The molecule has 0 aliphatic rings. The van der Waals surface area contributed by atoms with Gasteiger partial charge in [-0.25, -0.2) is 0 Å². The van der Waals surface area contributed by atoms with Crippen LogP contribution >= 0.6 is 0 Å². The van der Waals surface area contributed by atoms with Gasteiger partial charge in [-0.3, -0.25) is 0 Å². The number of rotatable bonds is 6. The lowest BCUT2D eigenvalue weighted by atomic mass is 9.77. The average molecular weight is 451 g/mol. The maximum atomic E-state index is 9.73. The highest BCUT2D eigenvalue weighted by molar-refractivity contribution is 5.66. The summed E-state index contributed by atoms with van der Waals surface area (Å²) in [5, 5.41) is 29.1. The molecule has 0 spiro atoms. The normalized spacial score (nSPS) is 12.2. The number of hydrogen-bond donors (Lipinski definition) is 3. The molecule has 3 nitrogen and oxygen atoms in total. The third-order valence-corrected chi connectivity index (χ3v) is 6.57. The molecule has 0 unspecified atom stereocenters. The molecule has 0 saturated carbocycles. The van der Waals surface area contributed by atoms with Crippen LogP contribution in [0.4, 0.5) is 0 Å². The molecule has 3 heteroatoms. The van der Waals surface area contributed by atoms with E-state index in [9.17, 15) is 15.3 Å². The van der Waals surface area contributed by atoms with Crippen LogP contribution in [0.25, 0.3) is 5.57 Å². The first-order valence-corrected chi connectivity index (χ1v) is 11.4. The van der Waals surface area contributed by atoms with Crippen LogP contribution in [-0.4, -0.2) is 15.3 Å². The fourth-order valence-corrected chi connectivity index (χ4v) is 4.29. The van der Waals surface area contributed by atoms with Crippen molar-refractivity contribution in [1.29, 1.82) is 0 Å². The lowest BCUT2D eigenvalue weighted by Crippen LogP contribution is -2.18. The summed E-state index contributed by atoms with van der Waals surface area (Å²) in [6.07, 6.45) is 2.22. The van der Waals surface area contributed by atoms with Crippen molar-refractivity contribution in [1.82, 2.24) is 0 Å². The molecule has 0 saturated heterocycles.